The number of halogens is 1. The summed E-state index contributed by atoms with van der Waals surface area (Å²) < 4.78 is 0. The summed E-state index contributed by atoms with van der Waals surface area (Å²) in [4.78, 5) is 11.6. The molecule has 86 valence electrons. The second-order valence-corrected chi connectivity index (χ2v) is 4.00. The standard InChI is InChI=1S/C13H15ClO2/c1-2-11(15)9-13(16)12(14)8-10-6-4-3-5-7-10/h3-8,11,15H,2,9H2,1H3/b12-8-/t11-/m1/s1. The molecular formula is C13H15ClO2. The molecule has 0 radical (unpaired) electrons. The molecule has 0 fully saturated rings. The lowest BCUT2D eigenvalue weighted by atomic mass is 10.1. The predicted molar refractivity (Wildman–Crippen MR) is 66.2 cm³/mol. The topological polar surface area (TPSA) is 37.3 Å². The largest absolute Gasteiger partial charge is 0.393 e. The molecule has 0 heterocycles. The van der Waals surface area contributed by atoms with Gasteiger partial charge in [0.05, 0.1) is 11.1 Å². The first-order chi connectivity index (χ1) is 7.63. The number of allylic oxidation sites excluding steroid dienone is 1. The number of hydrogen-bond donors (Lipinski definition) is 1. The van der Waals surface area contributed by atoms with Crippen molar-refractivity contribution in [2.75, 3.05) is 0 Å². The molecule has 16 heavy (non-hydrogen) atoms. The average molecular weight is 239 g/mol. The van der Waals surface area contributed by atoms with Gasteiger partial charge in [-0.2, -0.15) is 0 Å². The number of aliphatic hydroxyl groups excluding tert-OH is 1. The molecular weight excluding hydrogens is 224 g/mol. The van der Waals surface area contributed by atoms with E-state index in [1.54, 1.807) is 6.08 Å². The van der Waals surface area contributed by atoms with E-state index < -0.39 is 6.10 Å². The van der Waals surface area contributed by atoms with E-state index in [2.05, 4.69) is 0 Å². The summed E-state index contributed by atoms with van der Waals surface area (Å²) in [6.07, 6.45) is 1.65. The molecule has 1 aromatic carbocycles. The Balaban J connectivity index is 2.67. The first kappa shape index (κ1) is 12.9. The summed E-state index contributed by atoms with van der Waals surface area (Å²) in [5.74, 6) is -0.222. The van der Waals surface area contributed by atoms with Crippen molar-refractivity contribution >= 4 is 23.5 Å². The van der Waals surface area contributed by atoms with E-state index in [1.165, 1.54) is 0 Å². The third kappa shape index (κ3) is 4.17. The number of aliphatic hydroxyl groups is 1. The van der Waals surface area contributed by atoms with Crippen molar-refractivity contribution in [2.24, 2.45) is 0 Å². The second-order valence-electron chi connectivity index (χ2n) is 3.59. The minimum Gasteiger partial charge on any atom is -0.393 e. The second kappa shape index (κ2) is 6.46. The number of carbonyl (C=O) groups excluding carboxylic acids is 1. The van der Waals surface area contributed by atoms with Gasteiger partial charge in [-0.05, 0) is 18.1 Å². The fraction of sp³-hybridized carbons (Fsp3) is 0.308. The van der Waals surface area contributed by atoms with Crippen molar-refractivity contribution in [3.05, 3.63) is 40.9 Å². The summed E-state index contributed by atoms with van der Waals surface area (Å²) in [7, 11) is 0. The molecule has 1 rings (SSSR count). The van der Waals surface area contributed by atoms with Crippen LogP contribution in [0.5, 0.6) is 0 Å². The van der Waals surface area contributed by atoms with Gasteiger partial charge in [0, 0.05) is 6.42 Å². The lowest BCUT2D eigenvalue weighted by Gasteiger charge is -2.05. The fourth-order valence-electron chi connectivity index (χ4n) is 1.23. The Labute approximate surface area is 101 Å². The van der Waals surface area contributed by atoms with Gasteiger partial charge in [-0.3, -0.25) is 4.79 Å². The van der Waals surface area contributed by atoms with Crippen LogP contribution in [0.15, 0.2) is 35.4 Å². The minimum absolute atomic E-state index is 0.0820. The van der Waals surface area contributed by atoms with Gasteiger partial charge in [-0.25, -0.2) is 0 Å². The van der Waals surface area contributed by atoms with E-state index in [-0.39, 0.29) is 17.2 Å². The number of ketones is 1. The normalized spacial score (nSPS) is 13.6. The molecule has 1 atom stereocenters. The van der Waals surface area contributed by atoms with E-state index in [0.29, 0.717) is 6.42 Å². The van der Waals surface area contributed by atoms with Crippen molar-refractivity contribution in [2.45, 2.75) is 25.9 Å². The molecule has 2 nitrogen and oxygen atoms in total. The lowest BCUT2D eigenvalue weighted by Crippen LogP contribution is -2.12. The van der Waals surface area contributed by atoms with E-state index in [4.69, 9.17) is 11.6 Å². The first-order valence-electron chi connectivity index (χ1n) is 5.27. The maximum absolute atomic E-state index is 11.6. The van der Waals surface area contributed by atoms with Crippen molar-refractivity contribution in [3.63, 3.8) is 0 Å². The van der Waals surface area contributed by atoms with E-state index in [9.17, 15) is 9.90 Å². The van der Waals surface area contributed by atoms with Crippen LogP contribution in [0.4, 0.5) is 0 Å². The third-order valence-corrected chi connectivity index (χ3v) is 2.57. The monoisotopic (exact) mass is 238 g/mol. The number of benzene rings is 1. The molecule has 0 unspecified atom stereocenters. The molecule has 0 aliphatic carbocycles. The predicted octanol–water partition coefficient (Wildman–Crippen LogP) is 3.00. The van der Waals surface area contributed by atoms with Crippen LogP contribution in [0.25, 0.3) is 6.08 Å². The van der Waals surface area contributed by atoms with Gasteiger partial charge < -0.3 is 5.11 Å². The van der Waals surface area contributed by atoms with E-state index >= 15 is 0 Å². The maximum atomic E-state index is 11.6. The average Bonchev–Trinajstić information content (AvgIpc) is 2.30. The Bertz CT molecular complexity index is 371. The Morgan fingerprint density at radius 3 is 2.62 bits per heavy atom. The van der Waals surface area contributed by atoms with Crippen LogP contribution in [-0.2, 0) is 4.79 Å². The third-order valence-electron chi connectivity index (χ3n) is 2.25. The van der Waals surface area contributed by atoms with Crippen LogP contribution in [0.3, 0.4) is 0 Å². The summed E-state index contributed by atoms with van der Waals surface area (Å²) in [5.41, 5.74) is 0.881. The van der Waals surface area contributed by atoms with Crippen LogP contribution in [0, 0.1) is 0 Å². The Morgan fingerprint density at radius 2 is 2.06 bits per heavy atom. The molecule has 0 spiro atoms. The Hall–Kier alpha value is -1.12. The first-order valence-corrected chi connectivity index (χ1v) is 5.64. The highest BCUT2D eigenvalue weighted by molar-refractivity contribution is 6.44. The van der Waals surface area contributed by atoms with Gasteiger partial charge in [-0.15, -0.1) is 0 Å². The summed E-state index contributed by atoms with van der Waals surface area (Å²) >= 11 is 5.87. The maximum Gasteiger partial charge on any atom is 0.176 e. The molecule has 0 aliphatic rings. The van der Waals surface area contributed by atoms with Gasteiger partial charge in [0.15, 0.2) is 5.78 Å². The summed E-state index contributed by atoms with van der Waals surface area (Å²) in [5, 5.41) is 9.50. The zero-order valence-corrected chi connectivity index (χ0v) is 9.95. The highest BCUT2D eigenvalue weighted by atomic mass is 35.5. The summed E-state index contributed by atoms with van der Waals surface area (Å²) in [6, 6.07) is 9.38. The molecule has 0 saturated heterocycles. The quantitative estimate of drug-likeness (QED) is 0.801. The number of Topliss-reactive ketones (excluding diaryl/α,β-unsaturated/α-hetero) is 1. The highest BCUT2D eigenvalue weighted by Crippen LogP contribution is 2.14. The van der Waals surface area contributed by atoms with Gasteiger partial charge in [-0.1, -0.05) is 48.9 Å². The van der Waals surface area contributed by atoms with Crippen molar-refractivity contribution in [1.29, 1.82) is 0 Å². The Morgan fingerprint density at radius 1 is 1.44 bits per heavy atom. The van der Waals surface area contributed by atoms with Gasteiger partial charge in [0.25, 0.3) is 0 Å². The molecule has 0 aliphatic heterocycles. The highest BCUT2D eigenvalue weighted by Gasteiger charge is 2.11. The molecule has 1 aromatic rings. The number of hydrogen-bond acceptors (Lipinski definition) is 2. The lowest BCUT2D eigenvalue weighted by molar-refractivity contribution is -0.116. The van der Waals surface area contributed by atoms with Crippen LogP contribution in [0.2, 0.25) is 0 Å². The van der Waals surface area contributed by atoms with Crippen LogP contribution in [0.1, 0.15) is 25.3 Å². The molecule has 3 heteroatoms. The number of carbonyl (C=O) groups is 1. The smallest absolute Gasteiger partial charge is 0.176 e. The number of rotatable bonds is 5. The molecule has 0 amide bonds. The molecule has 0 saturated carbocycles. The fourth-order valence-corrected chi connectivity index (χ4v) is 1.44. The minimum atomic E-state index is -0.606. The summed E-state index contributed by atoms with van der Waals surface area (Å²) in [6.45, 7) is 1.83. The molecule has 0 aromatic heterocycles. The van der Waals surface area contributed by atoms with E-state index in [1.807, 2.05) is 37.3 Å². The van der Waals surface area contributed by atoms with Crippen LogP contribution in [-0.4, -0.2) is 17.0 Å². The van der Waals surface area contributed by atoms with Gasteiger partial charge in [0.1, 0.15) is 0 Å². The SMILES string of the molecule is CC[C@@H](O)CC(=O)/C(Cl)=C/c1ccccc1. The van der Waals surface area contributed by atoms with E-state index in [0.717, 1.165) is 5.56 Å². The van der Waals surface area contributed by atoms with Crippen LogP contribution < -0.4 is 0 Å². The Kier molecular flexibility index (Phi) is 5.23. The van der Waals surface area contributed by atoms with Crippen molar-refractivity contribution in [3.8, 4) is 0 Å². The molecule has 0 bridgehead atoms. The van der Waals surface area contributed by atoms with Gasteiger partial charge in [0.2, 0.25) is 0 Å². The van der Waals surface area contributed by atoms with Crippen LogP contribution >= 0.6 is 11.6 Å². The van der Waals surface area contributed by atoms with Crippen molar-refractivity contribution in [1.82, 2.24) is 0 Å². The zero-order valence-electron chi connectivity index (χ0n) is 9.19. The molecule has 1 N–H and O–H groups in total. The van der Waals surface area contributed by atoms with Crippen molar-refractivity contribution < 1.29 is 9.90 Å². The van der Waals surface area contributed by atoms with Gasteiger partial charge >= 0.3 is 0 Å². The zero-order chi connectivity index (χ0) is 12.0.